The molecular weight excluding hydrogens is 200 g/mol. The van der Waals surface area contributed by atoms with Crippen LogP contribution in [0.2, 0.25) is 0 Å². The summed E-state index contributed by atoms with van der Waals surface area (Å²) in [7, 11) is 0. The van der Waals surface area contributed by atoms with E-state index in [2.05, 4.69) is 11.6 Å². The summed E-state index contributed by atoms with van der Waals surface area (Å²) in [4.78, 5) is 15.2. The van der Waals surface area contributed by atoms with Gasteiger partial charge in [-0.3, -0.25) is 4.79 Å². The highest BCUT2D eigenvalue weighted by Gasteiger charge is 2.06. The van der Waals surface area contributed by atoms with Crippen LogP contribution >= 0.6 is 0 Å². The van der Waals surface area contributed by atoms with Crippen LogP contribution in [0.1, 0.15) is 10.4 Å². The number of carbonyl (C=O) groups excluding carboxylic acids is 1. The van der Waals surface area contributed by atoms with Crippen molar-refractivity contribution in [1.82, 2.24) is 9.55 Å². The molecule has 0 N–H and O–H groups in total. The number of imidazole rings is 1. The Morgan fingerprint density at radius 2 is 2.19 bits per heavy atom. The van der Waals surface area contributed by atoms with Gasteiger partial charge < -0.3 is 4.57 Å². The van der Waals surface area contributed by atoms with E-state index in [1.165, 1.54) is 0 Å². The normalized spacial score (nSPS) is 10.0. The van der Waals surface area contributed by atoms with Crippen molar-refractivity contribution in [2.75, 3.05) is 0 Å². The molecular formula is C13H12N2O. The number of allylic oxidation sites excluding steroid dienone is 1. The van der Waals surface area contributed by atoms with Gasteiger partial charge >= 0.3 is 0 Å². The molecule has 3 nitrogen and oxygen atoms in total. The first kappa shape index (κ1) is 10.4. The lowest BCUT2D eigenvalue weighted by Crippen LogP contribution is -1.89. The highest BCUT2D eigenvalue weighted by atomic mass is 16.1. The standard InChI is InChI=1S/C13H12N2O/c1-2-7-15-8-13(14-10-15)12-6-4-3-5-11(12)9-16/h2-6,8-10H,1,7H2. The molecule has 0 aliphatic carbocycles. The molecule has 0 aliphatic heterocycles. The number of carbonyl (C=O) groups is 1. The minimum absolute atomic E-state index is 0.659. The Hall–Kier alpha value is -2.16. The topological polar surface area (TPSA) is 34.9 Å². The number of rotatable bonds is 4. The number of hydrogen-bond donors (Lipinski definition) is 0. The smallest absolute Gasteiger partial charge is 0.150 e. The summed E-state index contributed by atoms with van der Waals surface area (Å²) < 4.78 is 1.92. The summed E-state index contributed by atoms with van der Waals surface area (Å²) in [5.41, 5.74) is 2.33. The van der Waals surface area contributed by atoms with Crippen LogP contribution in [0.4, 0.5) is 0 Å². The van der Waals surface area contributed by atoms with E-state index < -0.39 is 0 Å². The van der Waals surface area contributed by atoms with Crippen molar-refractivity contribution in [1.29, 1.82) is 0 Å². The molecule has 0 amide bonds. The van der Waals surface area contributed by atoms with E-state index in [-0.39, 0.29) is 0 Å². The summed E-state index contributed by atoms with van der Waals surface area (Å²) in [5, 5.41) is 0. The Bertz CT molecular complexity index is 514. The van der Waals surface area contributed by atoms with Crippen molar-refractivity contribution >= 4 is 6.29 Å². The summed E-state index contributed by atoms with van der Waals surface area (Å²) in [6, 6.07) is 7.42. The second kappa shape index (κ2) is 4.57. The van der Waals surface area contributed by atoms with Gasteiger partial charge in [-0.2, -0.15) is 0 Å². The van der Waals surface area contributed by atoms with Crippen LogP contribution in [-0.4, -0.2) is 15.8 Å². The summed E-state index contributed by atoms with van der Waals surface area (Å²) in [5.74, 6) is 0. The molecule has 3 heteroatoms. The monoisotopic (exact) mass is 212 g/mol. The third-order valence-corrected chi connectivity index (χ3v) is 2.34. The maximum Gasteiger partial charge on any atom is 0.150 e. The van der Waals surface area contributed by atoms with E-state index >= 15 is 0 Å². The quantitative estimate of drug-likeness (QED) is 0.576. The molecule has 0 fully saturated rings. The van der Waals surface area contributed by atoms with Crippen LogP contribution in [0.3, 0.4) is 0 Å². The van der Waals surface area contributed by atoms with E-state index in [0.29, 0.717) is 5.56 Å². The first-order valence-corrected chi connectivity index (χ1v) is 5.02. The van der Waals surface area contributed by atoms with Crippen LogP contribution in [0.25, 0.3) is 11.3 Å². The van der Waals surface area contributed by atoms with Gasteiger partial charge in [0.05, 0.1) is 12.0 Å². The van der Waals surface area contributed by atoms with Gasteiger partial charge in [-0.25, -0.2) is 4.98 Å². The van der Waals surface area contributed by atoms with Crippen molar-refractivity contribution in [3.05, 3.63) is 55.0 Å². The first-order valence-electron chi connectivity index (χ1n) is 5.02. The molecule has 1 aromatic heterocycles. The van der Waals surface area contributed by atoms with Crippen molar-refractivity contribution in [2.45, 2.75) is 6.54 Å². The number of hydrogen-bond acceptors (Lipinski definition) is 2. The van der Waals surface area contributed by atoms with Gasteiger partial charge in [0.2, 0.25) is 0 Å². The molecule has 0 saturated carbocycles. The van der Waals surface area contributed by atoms with Crippen LogP contribution < -0.4 is 0 Å². The van der Waals surface area contributed by atoms with Gasteiger partial charge in [0, 0.05) is 23.9 Å². The lowest BCUT2D eigenvalue weighted by atomic mass is 10.1. The fourth-order valence-electron chi connectivity index (χ4n) is 1.58. The van der Waals surface area contributed by atoms with Gasteiger partial charge in [-0.05, 0) is 0 Å². The van der Waals surface area contributed by atoms with Crippen LogP contribution in [0.5, 0.6) is 0 Å². The average Bonchev–Trinajstić information content (AvgIpc) is 2.78. The van der Waals surface area contributed by atoms with Gasteiger partial charge in [0.25, 0.3) is 0 Å². The first-order chi connectivity index (χ1) is 7.85. The summed E-state index contributed by atoms with van der Waals surface area (Å²) >= 11 is 0. The van der Waals surface area contributed by atoms with Gasteiger partial charge in [0.1, 0.15) is 0 Å². The second-order valence-corrected chi connectivity index (χ2v) is 3.45. The molecule has 2 aromatic rings. The highest BCUT2D eigenvalue weighted by molar-refractivity contribution is 5.86. The lowest BCUT2D eigenvalue weighted by molar-refractivity contribution is 0.112. The SMILES string of the molecule is C=CCn1cnc(-c2ccccc2C=O)c1. The Balaban J connectivity index is 2.41. The van der Waals surface area contributed by atoms with E-state index in [0.717, 1.165) is 24.1 Å². The minimum atomic E-state index is 0.659. The fraction of sp³-hybridized carbons (Fsp3) is 0.0769. The van der Waals surface area contributed by atoms with Gasteiger partial charge in [-0.1, -0.05) is 30.3 Å². The van der Waals surface area contributed by atoms with Crippen LogP contribution in [0.15, 0.2) is 49.4 Å². The fourth-order valence-corrected chi connectivity index (χ4v) is 1.58. The molecule has 0 radical (unpaired) electrons. The van der Waals surface area contributed by atoms with Crippen molar-refractivity contribution in [3.8, 4) is 11.3 Å². The zero-order valence-corrected chi connectivity index (χ0v) is 8.84. The molecule has 80 valence electrons. The summed E-state index contributed by atoms with van der Waals surface area (Å²) in [6.45, 7) is 4.39. The molecule has 2 rings (SSSR count). The predicted molar refractivity (Wildman–Crippen MR) is 63.2 cm³/mol. The summed E-state index contributed by atoms with van der Waals surface area (Å²) in [6.07, 6.45) is 6.29. The second-order valence-electron chi connectivity index (χ2n) is 3.45. The van der Waals surface area contributed by atoms with Crippen molar-refractivity contribution in [2.24, 2.45) is 0 Å². The molecule has 0 unspecified atom stereocenters. The number of benzene rings is 1. The van der Waals surface area contributed by atoms with Crippen LogP contribution in [-0.2, 0) is 6.54 Å². The molecule has 16 heavy (non-hydrogen) atoms. The molecule has 1 heterocycles. The molecule has 0 spiro atoms. The lowest BCUT2D eigenvalue weighted by Gasteiger charge is -1.99. The maximum atomic E-state index is 10.9. The molecule has 0 atom stereocenters. The van der Waals surface area contributed by atoms with E-state index in [1.54, 1.807) is 18.5 Å². The predicted octanol–water partition coefficient (Wildman–Crippen LogP) is 2.55. The third-order valence-electron chi connectivity index (χ3n) is 2.34. The highest BCUT2D eigenvalue weighted by Crippen LogP contribution is 2.20. The number of nitrogens with zero attached hydrogens (tertiary/aromatic N) is 2. The van der Waals surface area contributed by atoms with Gasteiger partial charge in [0.15, 0.2) is 6.29 Å². The molecule has 0 aliphatic rings. The number of aromatic nitrogens is 2. The van der Waals surface area contributed by atoms with Crippen molar-refractivity contribution in [3.63, 3.8) is 0 Å². The van der Waals surface area contributed by atoms with E-state index in [1.807, 2.05) is 29.0 Å². The number of aldehydes is 1. The van der Waals surface area contributed by atoms with E-state index in [4.69, 9.17) is 0 Å². The maximum absolute atomic E-state index is 10.9. The third kappa shape index (κ3) is 1.93. The Morgan fingerprint density at radius 3 is 2.94 bits per heavy atom. The Morgan fingerprint density at radius 1 is 1.38 bits per heavy atom. The van der Waals surface area contributed by atoms with Crippen molar-refractivity contribution < 1.29 is 4.79 Å². The molecule has 0 bridgehead atoms. The zero-order chi connectivity index (χ0) is 11.4. The minimum Gasteiger partial charge on any atom is -0.333 e. The Kier molecular flexibility index (Phi) is 2.96. The largest absolute Gasteiger partial charge is 0.333 e. The average molecular weight is 212 g/mol. The van der Waals surface area contributed by atoms with E-state index in [9.17, 15) is 4.79 Å². The Labute approximate surface area is 94.1 Å². The van der Waals surface area contributed by atoms with Crippen LogP contribution in [0, 0.1) is 0 Å². The van der Waals surface area contributed by atoms with Gasteiger partial charge in [-0.15, -0.1) is 6.58 Å². The molecule has 1 aromatic carbocycles. The zero-order valence-electron chi connectivity index (χ0n) is 8.84. The molecule has 0 saturated heterocycles.